The van der Waals surface area contributed by atoms with Gasteiger partial charge in [-0.2, -0.15) is 13.2 Å². The molecular formula is C20H20F3N3O. The molecule has 1 N–H and O–H groups in total. The summed E-state index contributed by atoms with van der Waals surface area (Å²) in [5.41, 5.74) is 1.84. The Morgan fingerprint density at radius 2 is 1.74 bits per heavy atom. The summed E-state index contributed by atoms with van der Waals surface area (Å²) in [6.45, 7) is 3.65. The lowest BCUT2D eigenvalue weighted by Gasteiger charge is -2.09. The molecule has 0 radical (unpaired) electrons. The Hall–Kier alpha value is -2.67. The van der Waals surface area contributed by atoms with E-state index in [2.05, 4.69) is 15.5 Å². The van der Waals surface area contributed by atoms with Crippen molar-refractivity contribution in [3.8, 4) is 11.5 Å². The fourth-order valence-corrected chi connectivity index (χ4v) is 2.75. The van der Waals surface area contributed by atoms with E-state index in [0.717, 1.165) is 41.9 Å². The summed E-state index contributed by atoms with van der Waals surface area (Å²) in [6, 6.07) is 12.7. The zero-order chi connectivity index (χ0) is 19.3. The van der Waals surface area contributed by atoms with Gasteiger partial charge in [0.25, 0.3) is 0 Å². The van der Waals surface area contributed by atoms with Crippen molar-refractivity contribution in [2.75, 3.05) is 13.1 Å². The Balaban J connectivity index is 1.78. The van der Waals surface area contributed by atoms with Gasteiger partial charge in [-0.3, -0.25) is 0 Å². The molecule has 0 aliphatic rings. The van der Waals surface area contributed by atoms with Gasteiger partial charge < -0.3 is 9.73 Å². The summed E-state index contributed by atoms with van der Waals surface area (Å²) < 4.78 is 43.9. The number of benzene rings is 2. The van der Waals surface area contributed by atoms with Crippen LogP contribution in [-0.2, 0) is 19.0 Å². The molecule has 0 bridgehead atoms. The Labute approximate surface area is 155 Å². The lowest BCUT2D eigenvalue weighted by molar-refractivity contribution is -0.137. The maximum absolute atomic E-state index is 12.7. The number of aromatic nitrogens is 2. The molecule has 0 aliphatic heterocycles. The highest BCUT2D eigenvalue weighted by Crippen LogP contribution is 2.30. The molecule has 0 amide bonds. The van der Waals surface area contributed by atoms with E-state index in [4.69, 9.17) is 4.42 Å². The summed E-state index contributed by atoms with van der Waals surface area (Å²) in [4.78, 5) is 0. The van der Waals surface area contributed by atoms with Crippen LogP contribution in [-0.4, -0.2) is 23.3 Å². The number of alkyl halides is 3. The first kappa shape index (κ1) is 19.1. The van der Waals surface area contributed by atoms with Crippen LogP contribution >= 0.6 is 0 Å². The van der Waals surface area contributed by atoms with Gasteiger partial charge in [0.2, 0.25) is 11.8 Å². The first-order valence-corrected chi connectivity index (χ1v) is 8.75. The second-order valence-corrected chi connectivity index (χ2v) is 6.13. The highest BCUT2D eigenvalue weighted by Gasteiger charge is 2.29. The summed E-state index contributed by atoms with van der Waals surface area (Å²) >= 11 is 0. The molecule has 1 aromatic heterocycles. The van der Waals surface area contributed by atoms with Crippen LogP contribution < -0.4 is 5.32 Å². The number of likely N-dealkylation sites (N-methyl/N-ethyl adjacent to an activating group) is 1. The van der Waals surface area contributed by atoms with Crippen molar-refractivity contribution in [2.24, 2.45) is 0 Å². The topological polar surface area (TPSA) is 51.0 Å². The van der Waals surface area contributed by atoms with Crippen LogP contribution in [0.25, 0.3) is 11.5 Å². The maximum atomic E-state index is 12.7. The second kappa shape index (κ2) is 8.35. The molecule has 0 saturated heterocycles. The number of halogens is 3. The number of nitrogens with one attached hydrogen (secondary N) is 1. The number of hydrogen-bond donors (Lipinski definition) is 1. The summed E-state index contributed by atoms with van der Waals surface area (Å²) in [6.07, 6.45) is -3.21. The normalized spacial score (nSPS) is 11.7. The van der Waals surface area contributed by atoms with E-state index in [1.165, 1.54) is 12.1 Å². The maximum Gasteiger partial charge on any atom is 0.416 e. The SMILES string of the molecule is CCNCCc1nnc(-c2ccccc2Cc2ccc(C(F)(F)F)cc2)o1. The second-order valence-electron chi connectivity index (χ2n) is 6.13. The monoisotopic (exact) mass is 375 g/mol. The molecule has 7 heteroatoms. The Bertz CT molecular complexity index is 873. The van der Waals surface area contributed by atoms with Crippen LogP contribution in [0.4, 0.5) is 13.2 Å². The Morgan fingerprint density at radius 1 is 1.00 bits per heavy atom. The predicted molar refractivity (Wildman–Crippen MR) is 96.2 cm³/mol. The van der Waals surface area contributed by atoms with E-state index in [1.54, 1.807) is 0 Å². The summed E-state index contributed by atoms with van der Waals surface area (Å²) in [5.74, 6) is 0.972. The molecule has 0 aliphatic carbocycles. The minimum atomic E-state index is -4.33. The summed E-state index contributed by atoms with van der Waals surface area (Å²) in [7, 11) is 0. The molecule has 142 valence electrons. The fourth-order valence-electron chi connectivity index (χ4n) is 2.75. The molecule has 0 spiro atoms. The van der Waals surface area contributed by atoms with E-state index in [1.807, 2.05) is 31.2 Å². The van der Waals surface area contributed by atoms with Crippen molar-refractivity contribution >= 4 is 0 Å². The van der Waals surface area contributed by atoms with Gasteiger partial charge in [0.15, 0.2) is 0 Å². The molecule has 0 fully saturated rings. The zero-order valence-electron chi connectivity index (χ0n) is 14.9. The Morgan fingerprint density at radius 3 is 2.44 bits per heavy atom. The van der Waals surface area contributed by atoms with Gasteiger partial charge in [0.05, 0.1) is 5.56 Å². The molecule has 27 heavy (non-hydrogen) atoms. The summed E-state index contributed by atoms with van der Waals surface area (Å²) in [5, 5.41) is 11.4. The molecule has 3 aromatic rings. The van der Waals surface area contributed by atoms with Crippen LogP contribution in [0.15, 0.2) is 52.9 Å². The number of rotatable bonds is 7. The minimum Gasteiger partial charge on any atom is -0.421 e. The van der Waals surface area contributed by atoms with Gasteiger partial charge in [-0.1, -0.05) is 37.3 Å². The van der Waals surface area contributed by atoms with E-state index in [9.17, 15) is 13.2 Å². The average molecular weight is 375 g/mol. The molecular weight excluding hydrogens is 355 g/mol. The largest absolute Gasteiger partial charge is 0.421 e. The van der Waals surface area contributed by atoms with E-state index >= 15 is 0 Å². The molecule has 0 unspecified atom stereocenters. The highest BCUT2D eigenvalue weighted by molar-refractivity contribution is 5.59. The molecule has 4 nitrogen and oxygen atoms in total. The number of hydrogen-bond acceptors (Lipinski definition) is 4. The van der Waals surface area contributed by atoms with Crippen molar-refractivity contribution in [2.45, 2.75) is 25.9 Å². The van der Waals surface area contributed by atoms with E-state index in [-0.39, 0.29) is 0 Å². The predicted octanol–water partition coefficient (Wildman–Crippen LogP) is 4.50. The van der Waals surface area contributed by atoms with Crippen LogP contribution in [0.5, 0.6) is 0 Å². The fraction of sp³-hybridized carbons (Fsp3) is 0.300. The van der Waals surface area contributed by atoms with Gasteiger partial charge in [-0.25, -0.2) is 0 Å². The van der Waals surface area contributed by atoms with Gasteiger partial charge in [0, 0.05) is 18.5 Å². The third-order valence-corrected chi connectivity index (χ3v) is 4.16. The molecule has 0 saturated carbocycles. The number of nitrogens with zero attached hydrogens (tertiary/aromatic N) is 2. The zero-order valence-corrected chi connectivity index (χ0v) is 14.9. The van der Waals surface area contributed by atoms with Crippen molar-refractivity contribution in [3.05, 3.63) is 71.1 Å². The van der Waals surface area contributed by atoms with Gasteiger partial charge in [-0.05, 0) is 42.3 Å². The third kappa shape index (κ3) is 4.95. The quantitative estimate of drug-likeness (QED) is 0.618. The third-order valence-electron chi connectivity index (χ3n) is 4.16. The standard InChI is InChI=1S/C20H20F3N3O/c1-2-24-12-11-18-25-26-19(27-18)17-6-4-3-5-15(17)13-14-7-9-16(10-8-14)20(21,22)23/h3-10,24H,2,11-13H2,1H3. The van der Waals surface area contributed by atoms with Crippen molar-refractivity contribution < 1.29 is 17.6 Å². The van der Waals surface area contributed by atoms with Crippen LogP contribution in [0, 0.1) is 0 Å². The highest BCUT2D eigenvalue weighted by atomic mass is 19.4. The Kier molecular flexibility index (Phi) is 5.91. The van der Waals surface area contributed by atoms with Gasteiger partial charge in [0.1, 0.15) is 0 Å². The smallest absolute Gasteiger partial charge is 0.416 e. The lowest BCUT2D eigenvalue weighted by atomic mass is 9.99. The first-order chi connectivity index (χ1) is 13.0. The molecule has 3 rings (SSSR count). The minimum absolute atomic E-state index is 0.420. The first-order valence-electron chi connectivity index (χ1n) is 8.75. The average Bonchev–Trinajstić information content (AvgIpc) is 3.11. The van der Waals surface area contributed by atoms with Crippen molar-refractivity contribution in [1.82, 2.24) is 15.5 Å². The van der Waals surface area contributed by atoms with Crippen LogP contribution in [0.1, 0.15) is 29.5 Å². The molecule has 2 aromatic carbocycles. The van der Waals surface area contributed by atoms with Crippen LogP contribution in [0.3, 0.4) is 0 Å². The van der Waals surface area contributed by atoms with E-state index < -0.39 is 11.7 Å². The van der Waals surface area contributed by atoms with E-state index in [0.29, 0.717) is 24.6 Å². The lowest BCUT2D eigenvalue weighted by Crippen LogP contribution is -2.16. The van der Waals surface area contributed by atoms with Crippen molar-refractivity contribution in [3.63, 3.8) is 0 Å². The van der Waals surface area contributed by atoms with Crippen LogP contribution in [0.2, 0.25) is 0 Å². The molecule has 0 atom stereocenters. The van der Waals surface area contributed by atoms with Gasteiger partial charge in [-0.15, -0.1) is 10.2 Å². The molecule has 1 heterocycles. The van der Waals surface area contributed by atoms with Gasteiger partial charge >= 0.3 is 6.18 Å². The van der Waals surface area contributed by atoms with Crippen molar-refractivity contribution in [1.29, 1.82) is 0 Å².